The topological polar surface area (TPSA) is 59.8 Å². The molecule has 0 radical (unpaired) electrons. The van der Waals surface area contributed by atoms with Crippen molar-refractivity contribution in [1.29, 1.82) is 0 Å². The van der Waals surface area contributed by atoms with Gasteiger partial charge in [0.1, 0.15) is 0 Å². The number of carbonyl (C=O) groups excluding carboxylic acids is 1. The van der Waals surface area contributed by atoms with Crippen LogP contribution in [0.25, 0.3) is 11.4 Å². The summed E-state index contributed by atoms with van der Waals surface area (Å²) in [6, 6.07) is 17.9. The van der Waals surface area contributed by atoms with E-state index < -0.39 is 0 Å². The first-order valence-corrected chi connectivity index (χ1v) is 10.4. The molecule has 0 aliphatic rings. The molecular weight excluding hydrogens is 368 g/mol. The zero-order valence-corrected chi connectivity index (χ0v) is 17.5. The van der Waals surface area contributed by atoms with E-state index in [1.54, 1.807) is 0 Å². The molecule has 1 aromatic heterocycles. The van der Waals surface area contributed by atoms with Gasteiger partial charge in [-0.1, -0.05) is 74.1 Å². The van der Waals surface area contributed by atoms with E-state index in [-0.39, 0.29) is 11.2 Å². The Labute approximate surface area is 170 Å². The maximum absolute atomic E-state index is 12.8. The van der Waals surface area contributed by atoms with Crippen molar-refractivity contribution in [2.45, 2.75) is 50.6 Å². The molecule has 5 nitrogen and oxygen atoms in total. The quantitative estimate of drug-likeness (QED) is 0.559. The summed E-state index contributed by atoms with van der Waals surface area (Å²) in [6.45, 7) is 8.94. The highest BCUT2D eigenvalue weighted by Crippen LogP contribution is 2.28. The Morgan fingerprint density at radius 3 is 2.39 bits per heavy atom. The first-order valence-electron chi connectivity index (χ1n) is 9.56. The van der Waals surface area contributed by atoms with Crippen LogP contribution in [0.15, 0.2) is 59.8 Å². The van der Waals surface area contributed by atoms with Crippen molar-refractivity contribution in [3.63, 3.8) is 0 Å². The maximum Gasteiger partial charge on any atom is 0.237 e. The fraction of sp³-hybridized carbons (Fsp3) is 0.318. The zero-order valence-electron chi connectivity index (χ0n) is 16.7. The molecule has 1 atom stereocenters. The monoisotopic (exact) mass is 394 g/mol. The minimum Gasteiger partial charge on any atom is -0.325 e. The number of hydrogen-bond acceptors (Lipinski definition) is 4. The van der Waals surface area contributed by atoms with E-state index in [9.17, 15) is 4.79 Å². The number of hydrogen-bond donors (Lipinski definition) is 1. The van der Waals surface area contributed by atoms with Crippen LogP contribution in [0.3, 0.4) is 0 Å². The first kappa shape index (κ1) is 20.1. The molecule has 1 N–H and O–H groups in total. The Bertz CT molecular complexity index is 937. The molecule has 0 saturated heterocycles. The van der Waals surface area contributed by atoms with Gasteiger partial charge < -0.3 is 9.88 Å². The molecule has 0 unspecified atom stereocenters. The van der Waals surface area contributed by atoms with Crippen LogP contribution < -0.4 is 5.32 Å². The van der Waals surface area contributed by atoms with Gasteiger partial charge >= 0.3 is 0 Å². The second-order valence-electron chi connectivity index (χ2n) is 6.91. The molecular formula is C22H26N4OS. The third kappa shape index (κ3) is 4.44. The Morgan fingerprint density at radius 2 is 1.71 bits per heavy atom. The van der Waals surface area contributed by atoms with Gasteiger partial charge in [-0.2, -0.15) is 0 Å². The van der Waals surface area contributed by atoms with Crippen molar-refractivity contribution >= 4 is 23.4 Å². The van der Waals surface area contributed by atoms with Crippen molar-refractivity contribution in [3.8, 4) is 11.4 Å². The molecule has 3 rings (SSSR count). The number of nitrogens with one attached hydrogen (secondary N) is 1. The summed E-state index contributed by atoms with van der Waals surface area (Å²) in [5, 5.41) is 12.2. The number of rotatable bonds is 7. The van der Waals surface area contributed by atoms with Gasteiger partial charge in [0.05, 0.1) is 5.25 Å². The number of thioether (sulfide) groups is 1. The van der Waals surface area contributed by atoms with Gasteiger partial charge in [0, 0.05) is 17.8 Å². The second-order valence-corrected chi connectivity index (χ2v) is 8.22. The van der Waals surface area contributed by atoms with Crippen LogP contribution in [-0.2, 0) is 11.3 Å². The van der Waals surface area contributed by atoms with Crippen LogP contribution >= 0.6 is 11.8 Å². The summed E-state index contributed by atoms with van der Waals surface area (Å²) in [7, 11) is 0. The average molecular weight is 395 g/mol. The van der Waals surface area contributed by atoms with E-state index in [2.05, 4.69) is 42.4 Å². The van der Waals surface area contributed by atoms with E-state index in [1.165, 1.54) is 11.8 Å². The van der Waals surface area contributed by atoms with E-state index in [0.29, 0.717) is 5.92 Å². The van der Waals surface area contributed by atoms with E-state index in [0.717, 1.165) is 34.3 Å². The molecule has 0 aliphatic carbocycles. The number of aromatic nitrogens is 3. The predicted octanol–water partition coefficient (Wildman–Crippen LogP) is 5.21. The molecule has 0 fully saturated rings. The Hall–Kier alpha value is -2.60. The van der Waals surface area contributed by atoms with Gasteiger partial charge in [0.2, 0.25) is 5.91 Å². The van der Waals surface area contributed by atoms with Gasteiger partial charge in [-0.05, 0) is 31.4 Å². The van der Waals surface area contributed by atoms with Crippen LogP contribution in [0.2, 0.25) is 0 Å². The van der Waals surface area contributed by atoms with Crippen molar-refractivity contribution in [1.82, 2.24) is 14.8 Å². The average Bonchev–Trinajstić information content (AvgIpc) is 3.11. The lowest BCUT2D eigenvalue weighted by molar-refractivity contribution is -0.115. The van der Waals surface area contributed by atoms with Crippen LogP contribution in [0.1, 0.15) is 39.2 Å². The molecule has 6 heteroatoms. The smallest absolute Gasteiger partial charge is 0.237 e. The largest absolute Gasteiger partial charge is 0.325 e. The lowest BCUT2D eigenvalue weighted by Crippen LogP contribution is -2.23. The summed E-state index contributed by atoms with van der Waals surface area (Å²) in [5.74, 6) is 1.13. The van der Waals surface area contributed by atoms with Gasteiger partial charge in [-0.15, -0.1) is 10.2 Å². The molecule has 28 heavy (non-hydrogen) atoms. The summed E-state index contributed by atoms with van der Waals surface area (Å²) < 4.78 is 2.05. The van der Waals surface area contributed by atoms with E-state index in [4.69, 9.17) is 0 Å². The standard InChI is InChI=1S/C22H26N4OS/c1-5-26-20(17-11-7-6-8-12-17)24-25-22(26)28-16(4)21(27)23-19-14-10-9-13-18(19)15(2)3/h6-16H,5H2,1-4H3,(H,23,27)/t16-/m0/s1. The highest BCUT2D eigenvalue weighted by atomic mass is 32.2. The fourth-order valence-electron chi connectivity index (χ4n) is 3.02. The van der Waals surface area contributed by atoms with Gasteiger partial charge in [0.15, 0.2) is 11.0 Å². The second kappa shape index (κ2) is 9.06. The van der Waals surface area contributed by atoms with Crippen LogP contribution in [0, 0.1) is 0 Å². The minimum atomic E-state index is -0.293. The van der Waals surface area contributed by atoms with Gasteiger partial charge in [-0.3, -0.25) is 4.79 Å². The number of benzene rings is 2. The predicted molar refractivity (Wildman–Crippen MR) is 116 cm³/mol. The summed E-state index contributed by atoms with van der Waals surface area (Å²) in [5.41, 5.74) is 3.03. The molecule has 1 amide bonds. The van der Waals surface area contributed by atoms with E-state index >= 15 is 0 Å². The minimum absolute atomic E-state index is 0.0370. The molecule has 1 heterocycles. The number of anilines is 1. The third-order valence-corrected chi connectivity index (χ3v) is 5.64. The molecule has 0 bridgehead atoms. The highest BCUT2D eigenvalue weighted by Gasteiger charge is 2.21. The normalized spacial score (nSPS) is 12.2. The van der Waals surface area contributed by atoms with Crippen LogP contribution in [-0.4, -0.2) is 25.9 Å². The van der Waals surface area contributed by atoms with Crippen molar-refractivity contribution < 1.29 is 4.79 Å². The molecule has 3 aromatic rings. The molecule has 0 spiro atoms. The number of para-hydroxylation sites is 1. The Balaban J connectivity index is 1.76. The van der Waals surface area contributed by atoms with Crippen molar-refractivity contribution in [3.05, 3.63) is 60.2 Å². The molecule has 146 valence electrons. The molecule has 0 saturated carbocycles. The zero-order chi connectivity index (χ0) is 20.1. The Kier molecular flexibility index (Phi) is 6.52. The van der Waals surface area contributed by atoms with Gasteiger partial charge in [0.25, 0.3) is 0 Å². The maximum atomic E-state index is 12.8. The van der Waals surface area contributed by atoms with Crippen molar-refractivity contribution in [2.24, 2.45) is 0 Å². The molecule has 0 aliphatic heterocycles. The SMILES string of the molecule is CCn1c(S[C@@H](C)C(=O)Nc2ccccc2C(C)C)nnc1-c1ccccc1. The molecule has 2 aromatic carbocycles. The van der Waals surface area contributed by atoms with Gasteiger partial charge in [-0.25, -0.2) is 0 Å². The van der Waals surface area contributed by atoms with Crippen LogP contribution in [0.5, 0.6) is 0 Å². The fourth-order valence-corrected chi connectivity index (χ4v) is 3.93. The number of nitrogens with zero attached hydrogens (tertiary/aromatic N) is 3. The van der Waals surface area contributed by atoms with Crippen LogP contribution in [0.4, 0.5) is 5.69 Å². The lowest BCUT2D eigenvalue weighted by atomic mass is 10.0. The third-order valence-electron chi connectivity index (χ3n) is 4.56. The number of amides is 1. The van der Waals surface area contributed by atoms with E-state index in [1.807, 2.05) is 60.0 Å². The summed E-state index contributed by atoms with van der Waals surface area (Å²) >= 11 is 1.43. The number of carbonyl (C=O) groups is 1. The Morgan fingerprint density at radius 1 is 1.04 bits per heavy atom. The van der Waals surface area contributed by atoms with Crippen molar-refractivity contribution in [2.75, 3.05) is 5.32 Å². The highest BCUT2D eigenvalue weighted by molar-refractivity contribution is 8.00. The summed E-state index contributed by atoms with van der Waals surface area (Å²) in [6.07, 6.45) is 0. The summed E-state index contributed by atoms with van der Waals surface area (Å²) in [4.78, 5) is 12.8. The lowest BCUT2D eigenvalue weighted by Gasteiger charge is -2.16. The first-order chi connectivity index (χ1) is 13.5.